The van der Waals surface area contributed by atoms with Crippen molar-refractivity contribution >= 4 is 101 Å². The van der Waals surface area contributed by atoms with Crippen LogP contribution in [-0.4, -0.2) is 42.3 Å². The molecule has 2 aromatic carbocycles. The van der Waals surface area contributed by atoms with Crippen LogP contribution in [0.4, 0.5) is 11.4 Å². The zero-order chi connectivity index (χ0) is 31.9. The molecule has 0 radical (unpaired) electrons. The number of carbonyl (C=O) groups is 2. The van der Waals surface area contributed by atoms with Crippen LogP contribution >= 0.6 is 57.2 Å². The third kappa shape index (κ3) is 4.99. The van der Waals surface area contributed by atoms with E-state index in [1.807, 2.05) is 36.6 Å². The molecule has 7 rings (SSSR count). The number of carbonyl (C=O) groups excluding carboxylic acids is 2. The molecule has 0 saturated heterocycles. The van der Waals surface area contributed by atoms with Gasteiger partial charge in [-0.2, -0.15) is 0 Å². The Kier molecular flexibility index (Phi) is 7.76. The molecule has 0 unspecified atom stereocenters. The van der Waals surface area contributed by atoms with Gasteiger partial charge in [0.1, 0.15) is 11.4 Å². The van der Waals surface area contributed by atoms with E-state index in [2.05, 4.69) is 37.6 Å². The zero-order valence-corrected chi connectivity index (χ0v) is 30.0. The van der Waals surface area contributed by atoms with E-state index >= 15 is 0 Å². The highest BCUT2D eigenvalue weighted by Gasteiger charge is 2.39. The standard InChI is InChI=1S/C35H34Cl2N2O3S3/c1-17-9-22-29(27-18(2)15-43-31(17)27)20(11-36)13-38(22)33(40)25-7-8-26(45-25)34(41)39-14-21(12-37)30-23(39)10-24(42-35(4,5)6)32-28(30)19(3)16-44-32/h7-10,15-16,20-21H,11-14H2,1-6H3/t20-,21-/m1/s1. The lowest BCUT2D eigenvalue weighted by Gasteiger charge is -2.24. The topological polar surface area (TPSA) is 49.9 Å². The molecule has 2 aliphatic rings. The van der Waals surface area contributed by atoms with E-state index in [1.54, 1.807) is 34.8 Å². The van der Waals surface area contributed by atoms with Crippen molar-refractivity contribution in [3.8, 4) is 5.75 Å². The number of rotatable bonds is 5. The number of halogens is 2. The van der Waals surface area contributed by atoms with Crippen LogP contribution in [0.15, 0.2) is 35.0 Å². The van der Waals surface area contributed by atoms with Gasteiger partial charge in [-0.25, -0.2) is 0 Å². The van der Waals surface area contributed by atoms with Gasteiger partial charge in [-0.3, -0.25) is 9.59 Å². The second-order valence-corrected chi connectivity index (χ2v) is 16.6. The minimum Gasteiger partial charge on any atom is -0.487 e. The van der Waals surface area contributed by atoms with Gasteiger partial charge in [-0.05, 0) is 98.3 Å². The van der Waals surface area contributed by atoms with Crippen LogP contribution in [0.2, 0.25) is 0 Å². The highest BCUT2D eigenvalue weighted by Crippen LogP contribution is 2.50. The fourth-order valence-electron chi connectivity index (χ4n) is 6.87. The highest BCUT2D eigenvalue weighted by atomic mass is 35.5. The number of hydrogen-bond acceptors (Lipinski definition) is 6. The zero-order valence-electron chi connectivity index (χ0n) is 26.0. The maximum Gasteiger partial charge on any atom is 0.268 e. The third-order valence-electron chi connectivity index (χ3n) is 8.75. The van der Waals surface area contributed by atoms with Crippen molar-refractivity contribution in [2.24, 2.45) is 0 Å². The van der Waals surface area contributed by atoms with Crippen LogP contribution in [0.3, 0.4) is 0 Å². The molecule has 3 aromatic heterocycles. The van der Waals surface area contributed by atoms with Gasteiger partial charge in [-0.15, -0.1) is 57.2 Å². The number of benzene rings is 2. The first-order valence-electron chi connectivity index (χ1n) is 15.0. The minimum atomic E-state index is -0.398. The first kappa shape index (κ1) is 31.0. The number of fused-ring (bicyclic) bond motifs is 6. The van der Waals surface area contributed by atoms with Gasteiger partial charge in [0.2, 0.25) is 0 Å². The summed E-state index contributed by atoms with van der Waals surface area (Å²) in [7, 11) is 0. The first-order valence-corrected chi connectivity index (χ1v) is 18.7. The SMILES string of the molecule is Cc1cc2c(c3c(C)csc13)[C@H](CCl)CN2C(=O)c1ccc(C(=O)N2C[C@@H](CCl)c3c2cc(OC(C)(C)C)c2scc(C)c32)s1. The molecule has 5 heterocycles. The number of anilines is 2. The maximum absolute atomic E-state index is 14.2. The summed E-state index contributed by atoms with van der Waals surface area (Å²) in [6.45, 7) is 13.4. The molecule has 2 atom stereocenters. The predicted molar refractivity (Wildman–Crippen MR) is 193 cm³/mol. The summed E-state index contributed by atoms with van der Waals surface area (Å²) in [4.78, 5) is 33.0. The molecule has 0 spiro atoms. The van der Waals surface area contributed by atoms with Crippen molar-refractivity contribution in [3.63, 3.8) is 0 Å². The van der Waals surface area contributed by atoms with Crippen LogP contribution in [0, 0.1) is 20.8 Å². The molecular formula is C35H34Cl2N2O3S3. The number of ether oxygens (including phenoxy) is 1. The molecule has 5 nitrogen and oxygen atoms in total. The first-order chi connectivity index (χ1) is 21.4. The van der Waals surface area contributed by atoms with E-state index < -0.39 is 5.60 Å². The molecular weight excluding hydrogens is 664 g/mol. The third-order valence-corrected chi connectivity index (χ3v) is 12.9. The van der Waals surface area contributed by atoms with Crippen molar-refractivity contribution in [2.45, 2.75) is 59.0 Å². The number of thiophene rings is 3. The number of nitrogens with zero attached hydrogens (tertiary/aromatic N) is 2. The van der Waals surface area contributed by atoms with E-state index in [1.165, 1.54) is 27.0 Å². The normalized spacial score (nSPS) is 17.9. The van der Waals surface area contributed by atoms with Crippen LogP contribution < -0.4 is 14.5 Å². The Morgan fingerprint density at radius 1 is 0.800 bits per heavy atom. The molecule has 5 aromatic rings. The monoisotopic (exact) mass is 696 g/mol. The second-order valence-electron chi connectivity index (χ2n) is 13.1. The summed E-state index contributed by atoms with van der Waals surface area (Å²) in [5, 5.41) is 6.68. The van der Waals surface area contributed by atoms with E-state index in [9.17, 15) is 9.59 Å². The molecule has 234 valence electrons. The number of hydrogen-bond donors (Lipinski definition) is 0. The fraction of sp³-hybridized carbons (Fsp3) is 0.371. The molecule has 0 N–H and O–H groups in total. The highest BCUT2D eigenvalue weighted by molar-refractivity contribution is 7.18. The summed E-state index contributed by atoms with van der Waals surface area (Å²) < 4.78 is 8.76. The van der Waals surface area contributed by atoms with Crippen LogP contribution in [0.1, 0.15) is 79.8 Å². The average molecular weight is 698 g/mol. The number of aryl methyl sites for hydroxylation is 3. The molecule has 0 aliphatic carbocycles. The van der Waals surface area contributed by atoms with E-state index in [4.69, 9.17) is 27.9 Å². The van der Waals surface area contributed by atoms with E-state index in [0.717, 1.165) is 49.5 Å². The largest absolute Gasteiger partial charge is 0.487 e. The molecule has 45 heavy (non-hydrogen) atoms. The Bertz CT molecular complexity index is 2020. The van der Waals surface area contributed by atoms with Crippen molar-refractivity contribution in [2.75, 3.05) is 34.6 Å². The van der Waals surface area contributed by atoms with Gasteiger partial charge in [0, 0.05) is 63.9 Å². The summed E-state index contributed by atoms with van der Waals surface area (Å²) in [6.07, 6.45) is 0. The van der Waals surface area contributed by atoms with Crippen LogP contribution in [0.25, 0.3) is 20.2 Å². The molecule has 0 fully saturated rings. The van der Waals surface area contributed by atoms with Gasteiger partial charge >= 0.3 is 0 Å². The summed E-state index contributed by atoms with van der Waals surface area (Å²) >= 11 is 17.7. The van der Waals surface area contributed by atoms with Gasteiger partial charge in [0.15, 0.2) is 0 Å². The van der Waals surface area contributed by atoms with Crippen molar-refractivity contribution in [1.82, 2.24) is 0 Å². The Balaban J connectivity index is 1.24. The Labute approximate surface area is 285 Å². The Morgan fingerprint density at radius 2 is 1.29 bits per heavy atom. The lowest BCUT2D eigenvalue weighted by molar-refractivity contribution is 0.0985. The quantitative estimate of drug-likeness (QED) is 0.172. The molecule has 10 heteroatoms. The summed E-state index contributed by atoms with van der Waals surface area (Å²) in [6, 6.07) is 7.69. The van der Waals surface area contributed by atoms with Gasteiger partial charge < -0.3 is 14.5 Å². The van der Waals surface area contributed by atoms with Gasteiger partial charge in [0.05, 0.1) is 20.1 Å². The summed E-state index contributed by atoms with van der Waals surface area (Å²) in [5.74, 6) is 1.44. The minimum absolute atomic E-state index is 0.000364. The van der Waals surface area contributed by atoms with Crippen molar-refractivity contribution < 1.29 is 14.3 Å². The lowest BCUT2D eigenvalue weighted by atomic mass is 9.95. The Morgan fingerprint density at radius 3 is 1.80 bits per heavy atom. The average Bonchev–Trinajstić information content (AvgIpc) is 3.81. The van der Waals surface area contributed by atoms with Gasteiger partial charge in [-0.1, -0.05) is 0 Å². The van der Waals surface area contributed by atoms with Crippen molar-refractivity contribution in [1.29, 1.82) is 0 Å². The van der Waals surface area contributed by atoms with Crippen LogP contribution in [0.5, 0.6) is 5.75 Å². The van der Waals surface area contributed by atoms with Crippen LogP contribution in [-0.2, 0) is 0 Å². The second kappa shape index (κ2) is 11.3. The fourth-order valence-corrected chi connectivity index (χ4v) is 10.3. The molecule has 0 bridgehead atoms. The van der Waals surface area contributed by atoms with Crippen molar-refractivity contribution in [3.05, 3.63) is 72.6 Å². The predicted octanol–water partition coefficient (Wildman–Crippen LogP) is 10.2. The maximum atomic E-state index is 14.2. The molecule has 2 aliphatic heterocycles. The summed E-state index contributed by atoms with van der Waals surface area (Å²) in [5.41, 5.74) is 7.17. The number of alkyl halides is 2. The van der Waals surface area contributed by atoms with E-state index in [-0.39, 0.29) is 23.7 Å². The van der Waals surface area contributed by atoms with Gasteiger partial charge in [0.25, 0.3) is 11.8 Å². The van der Waals surface area contributed by atoms with E-state index in [0.29, 0.717) is 34.6 Å². The number of amides is 2. The lowest BCUT2D eigenvalue weighted by Crippen LogP contribution is -2.30. The molecule has 0 saturated carbocycles. The molecule has 2 amide bonds. The smallest absolute Gasteiger partial charge is 0.268 e. The Hall–Kier alpha value is -2.62.